The second kappa shape index (κ2) is 4.70. The molecule has 0 aromatic heterocycles. The summed E-state index contributed by atoms with van der Waals surface area (Å²) in [6, 6.07) is 5.22. The van der Waals surface area contributed by atoms with E-state index in [1.807, 2.05) is 0 Å². The van der Waals surface area contributed by atoms with Crippen molar-refractivity contribution in [2.75, 3.05) is 6.26 Å². The first-order valence-corrected chi connectivity index (χ1v) is 5.86. The van der Waals surface area contributed by atoms with Crippen molar-refractivity contribution in [3.63, 3.8) is 0 Å². The molecule has 1 nitrogen and oxygen atoms in total. The van der Waals surface area contributed by atoms with Crippen molar-refractivity contribution < 1.29 is 17.4 Å². The average Bonchev–Trinajstić information content (AvgIpc) is 2.17. The summed E-state index contributed by atoms with van der Waals surface area (Å²) in [5.41, 5.74) is -0.730. The molecule has 0 spiro atoms. The van der Waals surface area contributed by atoms with Gasteiger partial charge in [-0.05, 0) is 35.2 Å². The molecule has 0 amide bonds. The molecule has 0 aliphatic heterocycles. The predicted molar refractivity (Wildman–Crippen MR) is 57.3 cm³/mol. The van der Waals surface area contributed by atoms with E-state index in [-0.39, 0.29) is 5.75 Å². The predicted octanol–water partition coefficient (Wildman–Crippen LogP) is 3.72. The van der Waals surface area contributed by atoms with Crippen LogP contribution in [0, 0.1) is 0 Å². The third-order valence-corrected chi connectivity index (χ3v) is 2.85. The zero-order valence-corrected chi connectivity index (χ0v) is 9.15. The lowest BCUT2D eigenvalue weighted by Gasteiger charge is -2.13. The largest absolute Gasteiger partial charge is 0.434 e. The lowest BCUT2D eigenvalue weighted by atomic mass is 10.2. The maximum Gasteiger partial charge on any atom is 0.420 e. The molecule has 1 aromatic carbocycles. The maximum absolute atomic E-state index is 12.5. The monoisotopic (exact) mass is 236 g/mol. The SMILES string of the molecule is C/C=S(/C)Oc1ccccc1C(F)(F)F. The quantitative estimate of drug-likeness (QED) is 0.711. The molecular weight excluding hydrogens is 225 g/mol. The molecule has 0 aliphatic carbocycles. The minimum absolute atomic E-state index is 0.117. The van der Waals surface area contributed by atoms with Gasteiger partial charge in [-0.15, -0.1) is 0 Å². The molecule has 0 saturated heterocycles. The number of halogens is 3. The Morgan fingerprint density at radius 2 is 1.87 bits per heavy atom. The van der Waals surface area contributed by atoms with Gasteiger partial charge in [-0.2, -0.15) is 13.2 Å². The Labute approximate surface area is 89.0 Å². The van der Waals surface area contributed by atoms with Gasteiger partial charge in [-0.25, -0.2) is 0 Å². The molecule has 15 heavy (non-hydrogen) atoms. The van der Waals surface area contributed by atoms with E-state index in [9.17, 15) is 13.2 Å². The molecule has 0 bridgehead atoms. The zero-order chi connectivity index (χ0) is 11.5. The van der Waals surface area contributed by atoms with Crippen molar-refractivity contribution in [3.8, 4) is 5.75 Å². The van der Waals surface area contributed by atoms with E-state index in [1.165, 1.54) is 18.2 Å². The first kappa shape index (κ1) is 12.1. The third kappa shape index (κ3) is 3.27. The van der Waals surface area contributed by atoms with E-state index in [0.29, 0.717) is 0 Å². The van der Waals surface area contributed by atoms with Gasteiger partial charge in [0, 0.05) is 6.26 Å². The Kier molecular flexibility index (Phi) is 3.79. The molecule has 1 unspecified atom stereocenters. The molecule has 0 radical (unpaired) electrons. The van der Waals surface area contributed by atoms with Gasteiger partial charge in [0.25, 0.3) is 0 Å². The minimum Gasteiger partial charge on any atom is -0.434 e. The summed E-state index contributed by atoms with van der Waals surface area (Å²) in [5.74, 6) is -0.117. The number of para-hydroxylation sites is 1. The summed E-state index contributed by atoms with van der Waals surface area (Å²) in [6.45, 7) is 1.75. The third-order valence-electron chi connectivity index (χ3n) is 1.75. The van der Waals surface area contributed by atoms with Crippen LogP contribution in [-0.2, 0) is 6.18 Å². The van der Waals surface area contributed by atoms with Crippen LogP contribution in [0.5, 0.6) is 5.75 Å². The first-order chi connectivity index (χ1) is 6.95. The number of hydrogen-bond acceptors (Lipinski definition) is 1. The second-order valence-corrected chi connectivity index (χ2v) is 4.45. The smallest absolute Gasteiger partial charge is 0.420 e. The van der Waals surface area contributed by atoms with Gasteiger partial charge in [0.05, 0.1) is 5.56 Å². The number of hydrogen-bond donors (Lipinski definition) is 0. The van der Waals surface area contributed by atoms with Crippen molar-refractivity contribution in [3.05, 3.63) is 29.8 Å². The Balaban J connectivity index is 3.08. The summed E-state index contributed by atoms with van der Waals surface area (Å²) >= 11 is 0. The van der Waals surface area contributed by atoms with Gasteiger partial charge in [0.2, 0.25) is 0 Å². The molecule has 1 atom stereocenters. The zero-order valence-electron chi connectivity index (χ0n) is 8.34. The number of rotatable bonds is 2. The summed E-state index contributed by atoms with van der Waals surface area (Å²) in [7, 11) is -0.598. The fraction of sp³-hybridized carbons (Fsp3) is 0.300. The molecule has 0 fully saturated rings. The van der Waals surface area contributed by atoms with Crippen molar-refractivity contribution in [2.45, 2.75) is 13.1 Å². The highest BCUT2D eigenvalue weighted by molar-refractivity contribution is 8.10. The van der Waals surface area contributed by atoms with Crippen molar-refractivity contribution >= 4 is 16.1 Å². The normalized spacial score (nSPS) is 13.9. The van der Waals surface area contributed by atoms with Gasteiger partial charge >= 0.3 is 6.18 Å². The maximum atomic E-state index is 12.5. The van der Waals surface area contributed by atoms with Crippen LogP contribution in [0.3, 0.4) is 0 Å². The Bertz CT molecular complexity index is 371. The molecule has 5 heteroatoms. The van der Waals surface area contributed by atoms with Gasteiger partial charge < -0.3 is 4.18 Å². The van der Waals surface area contributed by atoms with E-state index in [0.717, 1.165) is 6.07 Å². The van der Waals surface area contributed by atoms with Crippen LogP contribution in [0.1, 0.15) is 12.5 Å². The fourth-order valence-electron chi connectivity index (χ4n) is 0.963. The van der Waals surface area contributed by atoms with E-state index >= 15 is 0 Å². The van der Waals surface area contributed by atoms with Crippen LogP contribution >= 0.6 is 10.8 Å². The molecule has 0 saturated carbocycles. The molecule has 1 rings (SSSR count). The standard InChI is InChI=1S/C10H11F3OS/c1-3-15(2)14-9-7-5-4-6-8(9)10(11,12)13/h3-7H,1-2H3. The van der Waals surface area contributed by atoms with Gasteiger partial charge in [0.15, 0.2) is 0 Å². The van der Waals surface area contributed by atoms with Crippen molar-refractivity contribution in [1.29, 1.82) is 0 Å². The first-order valence-electron chi connectivity index (χ1n) is 4.24. The van der Waals surface area contributed by atoms with E-state index in [1.54, 1.807) is 18.5 Å². The highest BCUT2D eigenvalue weighted by atomic mass is 32.2. The van der Waals surface area contributed by atoms with Gasteiger partial charge in [-0.3, -0.25) is 0 Å². The average molecular weight is 236 g/mol. The van der Waals surface area contributed by atoms with Crippen LogP contribution in [0.15, 0.2) is 24.3 Å². The lowest BCUT2D eigenvalue weighted by Crippen LogP contribution is -2.06. The highest BCUT2D eigenvalue weighted by Crippen LogP contribution is 2.37. The number of benzene rings is 1. The Hall–Kier alpha value is -0.970. The highest BCUT2D eigenvalue weighted by Gasteiger charge is 2.34. The van der Waals surface area contributed by atoms with Crippen LogP contribution < -0.4 is 4.18 Å². The molecule has 0 heterocycles. The van der Waals surface area contributed by atoms with Gasteiger partial charge in [0.1, 0.15) is 5.75 Å². The molecule has 0 N–H and O–H groups in total. The van der Waals surface area contributed by atoms with Crippen molar-refractivity contribution in [2.24, 2.45) is 0 Å². The summed E-state index contributed by atoms with van der Waals surface area (Å²) in [6.07, 6.45) is -2.65. The second-order valence-electron chi connectivity index (χ2n) is 2.81. The fourth-order valence-corrected chi connectivity index (χ4v) is 1.49. The molecule has 0 aliphatic rings. The topological polar surface area (TPSA) is 9.23 Å². The Morgan fingerprint density at radius 1 is 1.27 bits per heavy atom. The molecular formula is C10H11F3OS. The number of alkyl halides is 3. The molecule has 1 aromatic rings. The summed E-state index contributed by atoms with van der Waals surface area (Å²) in [5, 5.41) is 1.72. The van der Waals surface area contributed by atoms with Crippen LogP contribution in [0.2, 0.25) is 0 Å². The van der Waals surface area contributed by atoms with Crippen LogP contribution in [0.25, 0.3) is 0 Å². The van der Waals surface area contributed by atoms with Crippen LogP contribution in [-0.4, -0.2) is 11.6 Å². The summed E-state index contributed by atoms with van der Waals surface area (Å²) < 4.78 is 42.7. The minimum atomic E-state index is -4.37. The Morgan fingerprint density at radius 3 is 2.40 bits per heavy atom. The summed E-state index contributed by atoms with van der Waals surface area (Å²) in [4.78, 5) is 0. The van der Waals surface area contributed by atoms with E-state index < -0.39 is 22.5 Å². The van der Waals surface area contributed by atoms with Gasteiger partial charge in [-0.1, -0.05) is 12.1 Å². The molecule has 84 valence electrons. The lowest BCUT2D eigenvalue weighted by molar-refractivity contribution is -0.138. The van der Waals surface area contributed by atoms with E-state index in [2.05, 4.69) is 0 Å². The van der Waals surface area contributed by atoms with Crippen LogP contribution in [0.4, 0.5) is 13.2 Å². The van der Waals surface area contributed by atoms with Crippen molar-refractivity contribution in [1.82, 2.24) is 0 Å². The van der Waals surface area contributed by atoms with E-state index in [4.69, 9.17) is 4.18 Å².